The first-order valence-electron chi connectivity index (χ1n) is 11.1. The van der Waals surface area contributed by atoms with Crippen LogP contribution in [0, 0.1) is 5.92 Å². The molecule has 9 heteroatoms. The molecule has 3 rings (SSSR count). The van der Waals surface area contributed by atoms with Crippen LogP contribution in [0.25, 0.3) is 5.70 Å². The van der Waals surface area contributed by atoms with Crippen molar-refractivity contribution in [3.63, 3.8) is 0 Å². The summed E-state index contributed by atoms with van der Waals surface area (Å²) in [5.41, 5.74) is 21.4. The Bertz CT molecular complexity index is 968. The summed E-state index contributed by atoms with van der Waals surface area (Å²) in [6.45, 7) is 3.22. The second-order valence-electron chi connectivity index (χ2n) is 8.23. The zero-order valence-electron chi connectivity index (χ0n) is 19.3. The van der Waals surface area contributed by atoms with Gasteiger partial charge in [0.15, 0.2) is 5.75 Å². The lowest BCUT2D eigenvalue weighted by Crippen LogP contribution is -2.29. The second kappa shape index (κ2) is 11.4. The lowest BCUT2D eigenvalue weighted by Gasteiger charge is -2.18. The van der Waals surface area contributed by atoms with Gasteiger partial charge >= 0.3 is 0 Å². The Hall–Kier alpha value is -3.46. The predicted molar refractivity (Wildman–Crippen MR) is 131 cm³/mol. The highest BCUT2D eigenvalue weighted by Gasteiger charge is 2.29. The molecule has 33 heavy (non-hydrogen) atoms. The van der Waals surface area contributed by atoms with Crippen LogP contribution in [0.1, 0.15) is 38.2 Å². The number of hydrogen-bond donors (Lipinski definition) is 5. The van der Waals surface area contributed by atoms with Crippen LogP contribution in [-0.4, -0.2) is 38.5 Å². The minimum absolute atomic E-state index is 0.0536. The molecule has 2 aliphatic rings. The Balaban J connectivity index is 1.77. The Kier molecular flexibility index (Phi) is 8.37. The van der Waals surface area contributed by atoms with E-state index < -0.39 is 0 Å². The monoisotopic (exact) mass is 454 g/mol. The summed E-state index contributed by atoms with van der Waals surface area (Å²) in [5, 5.41) is 5.95. The second-order valence-corrected chi connectivity index (χ2v) is 8.23. The van der Waals surface area contributed by atoms with E-state index in [4.69, 9.17) is 26.7 Å². The Labute approximate surface area is 194 Å². The van der Waals surface area contributed by atoms with Crippen molar-refractivity contribution < 1.29 is 14.3 Å². The predicted octanol–water partition coefficient (Wildman–Crippen LogP) is 2.17. The SMILES string of the molecule is COc1c(NC(/C=C(\N)NC(=O)C2CC2)=C(\C)N)cccc1C(N)=CC=NC1CCOCC1. The highest BCUT2D eigenvalue weighted by Crippen LogP contribution is 2.33. The van der Waals surface area contributed by atoms with E-state index in [2.05, 4.69) is 15.6 Å². The van der Waals surface area contributed by atoms with Gasteiger partial charge in [-0.2, -0.15) is 0 Å². The molecule has 0 bridgehead atoms. The number of amides is 1. The summed E-state index contributed by atoms with van der Waals surface area (Å²) in [6, 6.07) is 5.84. The maximum absolute atomic E-state index is 12.0. The number of anilines is 1. The van der Waals surface area contributed by atoms with Gasteiger partial charge in [0.2, 0.25) is 5.91 Å². The lowest BCUT2D eigenvalue weighted by atomic mass is 10.1. The third-order valence-electron chi connectivity index (χ3n) is 5.48. The molecule has 0 atom stereocenters. The standard InChI is InChI=1S/C24H34N6O3/c1-15(25)21(14-22(27)30-24(31)16-6-7-16)29-20-5-3-4-18(23(20)32-2)19(26)8-11-28-17-9-12-33-13-10-17/h3-5,8,11,14,16-17,29H,6-7,9-10,12-13,25-27H2,1-2H3,(H,30,31)/b19-8?,21-15+,22-14+,28-11?. The van der Waals surface area contributed by atoms with Crippen LogP contribution in [-0.2, 0) is 9.53 Å². The molecule has 1 saturated heterocycles. The van der Waals surface area contributed by atoms with Crippen LogP contribution in [0.3, 0.4) is 0 Å². The zero-order chi connectivity index (χ0) is 23.8. The first-order valence-corrected chi connectivity index (χ1v) is 11.1. The first-order chi connectivity index (χ1) is 15.9. The van der Waals surface area contributed by atoms with E-state index in [0.717, 1.165) is 38.9 Å². The van der Waals surface area contributed by atoms with Crippen LogP contribution < -0.4 is 32.6 Å². The van der Waals surface area contributed by atoms with Crippen LogP contribution >= 0.6 is 0 Å². The van der Waals surface area contributed by atoms with Gasteiger partial charge in [-0.05, 0) is 50.8 Å². The average Bonchev–Trinajstić information content (AvgIpc) is 3.64. The highest BCUT2D eigenvalue weighted by atomic mass is 16.5. The number of carbonyl (C=O) groups is 1. The number of ether oxygens (including phenoxy) is 2. The van der Waals surface area contributed by atoms with Crippen LogP contribution in [0.4, 0.5) is 5.69 Å². The van der Waals surface area contributed by atoms with Crippen molar-refractivity contribution in [2.45, 2.75) is 38.6 Å². The molecule has 8 N–H and O–H groups in total. The average molecular weight is 455 g/mol. The molecule has 1 saturated carbocycles. The smallest absolute Gasteiger partial charge is 0.228 e. The van der Waals surface area contributed by atoms with Crippen LogP contribution in [0.2, 0.25) is 0 Å². The number of carbonyl (C=O) groups excluding carboxylic acids is 1. The topological polar surface area (TPSA) is 150 Å². The van der Waals surface area contributed by atoms with E-state index in [-0.39, 0.29) is 23.7 Å². The molecule has 1 heterocycles. The minimum atomic E-state index is -0.0716. The molecule has 1 aliphatic heterocycles. The van der Waals surface area contributed by atoms with E-state index in [9.17, 15) is 4.79 Å². The fourth-order valence-electron chi connectivity index (χ4n) is 3.43. The Morgan fingerprint density at radius 2 is 1.91 bits per heavy atom. The third-order valence-corrected chi connectivity index (χ3v) is 5.48. The number of methoxy groups -OCH3 is 1. The van der Waals surface area contributed by atoms with E-state index in [1.807, 2.05) is 18.2 Å². The van der Waals surface area contributed by atoms with Crippen LogP contribution in [0.5, 0.6) is 5.75 Å². The fraction of sp³-hybridized carbons (Fsp3) is 0.417. The molecule has 2 fully saturated rings. The number of aliphatic imine (C=N–C) groups is 1. The van der Waals surface area contributed by atoms with Crippen molar-refractivity contribution in [1.82, 2.24) is 5.32 Å². The van der Waals surface area contributed by atoms with Gasteiger partial charge in [-0.15, -0.1) is 0 Å². The molecule has 1 amide bonds. The number of nitrogens with two attached hydrogens (primary N) is 3. The Morgan fingerprint density at radius 1 is 1.18 bits per heavy atom. The Morgan fingerprint density at radius 3 is 2.55 bits per heavy atom. The third kappa shape index (κ3) is 7.01. The normalized spacial score (nSPS) is 18.7. The van der Waals surface area contributed by atoms with Crippen molar-refractivity contribution in [3.05, 3.63) is 53.1 Å². The van der Waals surface area contributed by atoms with E-state index in [1.165, 1.54) is 0 Å². The van der Waals surface area contributed by atoms with Gasteiger partial charge in [-0.1, -0.05) is 6.07 Å². The summed E-state index contributed by atoms with van der Waals surface area (Å²) in [6.07, 6.45) is 8.74. The fourth-order valence-corrected chi connectivity index (χ4v) is 3.43. The number of allylic oxidation sites excluding steroid dienone is 3. The molecule has 9 nitrogen and oxygen atoms in total. The maximum Gasteiger partial charge on any atom is 0.228 e. The van der Waals surface area contributed by atoms with Crippen molar-refractivity contribution in [3.8, 4) is 5.75 Å². The molecule has 0 aromatic heterocycles. The molecule has 0 spiro atoms. The van der Waals surface area contributed by atoms with Gasteiger partial charge in [-0.25, -0.2) is 0 Å². The highest BCUT2D eigenvalue weighted by molar-refractivity contribution is 5.87. The molecule has 1 aromatic carbocycles. The van der Waals surface area contributed by atoms with Gasteiger partial charge in [0.25, 0.3) is 0 Å². The van der Waals surface area contributed by atoms with Gasteiger partial charge in [0.1, 0.15) is 5.82 Å². The molecule has 178 valence electrons. The molecule has 1 aromatic rings. The number of benzene rings is 1. The van der Waals surface area contributed by atoms with Crippen LogP contribution in [0.15, 0.2) is 52.6 Å². The first kappa shape index (κ1) is 24.2. The largest absolute Gasteiger partial charge is 0.494 e. The van der Waals surface area contributed by atoms with Gasteiger partial charge in [0, 0.05) is 48.4 Å². The number of nitrogens with zero attached hydrogens (tertiary/aromatic N) is 1. The molecule has 0 radical (unpaired) electrons. The minimum Gasteiger partial charge on any atom is -0.494 e. The van der Waals surface area contributed by atoms with E-state index in [1.54, 1.807) is 32.4 Å². The summed E-state index contributed by atoms with van der Waals surface area (Å²) in [5.74, 6) is 0.757. The summed E-state index contributed by atoms with van der Waals surface area (Å²) >= 11 is 0. The molecule has 0 unspecified atom stereocenters. The van der Waals surface area contributed by atoms with Crippen molar-refractivity contribution in [2.24, 2.45) is 28.1 Å². The molecule has 1 aliphatic carbocycles. The zero-order valence-corrected chi connectivity index (χ0v) is 19.3. The van der Waals surface area contributed by atoms with E-state index in [0.29, 0.717) is 34.1 Å². The van der Waals surface area contributed by atoms with Crippen molar-refractivity contribution in [2.75, 3.05) is 25.6 Å². The van der Waals surface area contributed by atoms with Gasteiger partial charge in [0.05, 0.1) is 24.5 Å². The maximum atomic E-state index is 12.0. The quantitative estimate of drug-likeness (QED) is 0.283. The number of para-hydroxylation sites is 1. The van der Waals surface area contributed by atoms with Gasteiger partial charge < -0.3 is 37.3 Å². The summed E-state index contributed by atoms with van der Waals surface area (Å²) in [4.78, 5) is 16.5. The lowest BCUT2D eigenvalue weighted by molar-refractivity contribution is -0.121. The summed E-state index contributed by atoms with van der Waals surface area (Å²) in [7, 11) is 1.58. The van der Waals surface area contributed by atoms with Gasteiger partial charge in [-0.3, -0.25) is 9.79 Å². The van der Waals surface area contributed by atoms with E-state index >= 15 is 0 Å². The van der Waals surface area contributed by atoms with Crippen molar-refractivity contribution >= 4 is 23.5 Å². The summed E-state index contributed by atoms with van der Waals surface area (Å²) < 4.78 is 11.0. The number of hydrogen-bond acceptors (Lipinski definition) is 8. The molecular formula is C24H34N6O3. The number of nitrogens with one attached hydrogen (secondary N) is 2. The number of rotatable bonds is 9. The molecular weight excluding hydrogens is 420 g/mol. The van der Waals surface area contributed by atoms with Crippen molar-refractivity contribution in [1.29, 1.82) is 0 Å².